The van der Waals surface area contributed by atoms with E-state index < -0.39 is 24.3 Å². The highest BCUT2D eigenvalue weighted by molar-refractivity contribution is 5.93. The number of halogens is 3. The SMILES string of the molecule is Cc1cccc(C)c1NC(=O)COc1cc(C(F)(F)F)c2c(C)nn(C)c2n1. The molecule has 2 aromatic heterocycles. The fraction of sp³-hybridized carbons (Fsp3) is 0.316. The molecule has 0 aliphatic rings. The molecule has 28 heavy (non-hydrogen) atoms. The van der Waals surface area contributed by atoms with Crippen molar-refractivity contribution in [1.29, 1.82) is 0 Å². The lowest BCUT2D eigenvalue weighted by Gasteiger charge is -2.13. The van der Waals surface area contributed by atoms with Crippen molar-refractivity contribution in [2.45, 2.75) is 26.9 Å². The van der Waals surface area contributed by atoms with Crippen LogP contribution in [0.4, 0.5) is 18.9 Å². The molecule has 3 aromatic rings. The molecule has 0 radical (unpaired) electrons. The van der Waals surface area contributed by atoms with E-state index in [1.54, 1.807) is 0 Å². The first-order valence-corrected chi connectivity index (χ1v) is 8.48. The number of nitrogens with zero attached hydrogens (tertiary/aromatic N) is 3. The van der Waals surface area contributed by atoms with Gasteiger partial charge >= 0.3 is 6.18 Å². The molecule has 0 atom stereocenters. The van der Waals surface area contributed by atoms with Crippen LogP contribution in [0.5, 0.6) is 5.88 Å². The van der Waals surface area contributed by atoms with Gasteiger partial charge in [-0.15, -0.1) is 0 Å². The van der Waals surface area contributed by atoms with Gasteiger partial charge in [0.05, 0.1) is 16.6 Å². The van der Waals surface area contributed by atoms with Crippen molar-refractivity contribution in [3.63, 3.8) is 0 Å². The number of anilines is 1. The number of para-hydroxylation sites is 1. The highest BCUT2D eigenvalue weighted by Gasteiger charge is 2.35. The van der Waals surface area contributed by atoms with E-state index in [4.69, 9.17) is 4.74 Å². The molecule has 0 spiro atoms. The van der Waals surface area contributed by atoms with Crippen LogP contribution in [0.1, 0.15) is 22.4 Å². The van der Waals surface area contributed by atoms with Gasteiger partial charge in [0.1, 0.15) is 0 Å². The zero-order valence-electron chi connectivity index (χ0n) is 15.8. The number of alkyl halides is 3. The summed E-state index contributed by atoms with van der Waals surface area (Å²) < 4.78 is 46.9. The van der Waals surface area contributed by atoms with Crippen molar-refractivity contribution >= 4 is 22.6 Å². The highest BCUT2D eigenvalue weighted by Crippen LogP contribution is 2.37. The Morgan fingerprint density at radius 1 is 1.21 bits per heavy atom. The van der Waals surface area contributed by atoms with Crippen molar-refractivity contribution in [2.75, 3.05) is 11.9 Å². The van der Waals surface area contributed by atoms with E-state index in [1.165, 1.54) is 18.7 Å². The van der Waals surface area contributed by atoms with Gasteiger partial charge in [-0.3, -0.25) is 9.48 Å². The van der Waals surface area contributed by atoms with E-state index in [2.05, 4.69) is 15.4 Å². The summed E-state index contributed by atoms with van der Waals surface area (Å²) in [4.78, 5) is 16.3. The smallest absolute Gasteiger partial charge is 0.417 e. The van der Waals surface area contributed by atoms with Crippen LogP contribution in [0.25, 0.3) is 11.0 Å². The average molecular weight is 392 g/mol. The van der Waals surface area contributed by atoms with Crippen LogP contribution in [0.15, 0.2) is 24.3 Å². The lowest BCUT2D eigenvalue weighted by Crippen LogP contribution is -2.21. The Labute approximate surface area is 159 Å². The Hall–Kier alpha value is -3.10. The fourth-order valence-corrected chi connectivity index (χ4v) is 3.05. The van der Waals surface area contributed by atoms with Crippen LogP contribution >= 0.6 is 0 Å². The molecule has 2 heterocycles. The Balaban J connectivity index is 1.85. The largest absolute Gasteiger partial charge is 0.467 e. The number of amides is 1. The second-order valence-electron chi connectivity index (χ2n) is 6.52. The third kappa shape index (κ3) is 3.78. The average Bonchev–Trinajstić information content (AvgIpc) is 2.89. The minimum atomic E-state index is -4.60. The number of carbonyl (C=O) groups excluding carboxylic acids is 1. The first-order chi connectivity index (χ1) is 13.1. The first-order valence-electron chi connectivity index (χ1n) is 8.48. The molecular formula is C19H19F3N4O2. The number of aromatic nitrogens is 3. The molecule has 0 aliphatic carbocycles. The summed E-state index contributed by atoms with van der Waals surface area (Å²) in [6.45, 7) is 4.71. The Morgan fingerprint density at radius 2 is 1.86 bits per heavy atom. The maximum Gasteiger partial charge on any atom is 0.417 e. The predicted octanol–water partition coefficient (Wildman–Crippen LogP) is 3.93. The third-order valence-electron chi connectivity index (χ3n) is 4.35. The van der Waals surface area contributed by atoms with E-state index in [1.807, 2.05) is 32.0 Å². The molecule has 6 nitrogen and oxygen atoms in total. The number of carbonyl (C=O) groups is 1. The zero-order valence-corrected chi connectivity index (χ0v) is 15.8. The number of aryl methyl sites for hydroxylation is 4. The highest BCUT2D eigenvalue weighted by atomic mass is 19.4. The maximum atomic E-state index is 13.5. The van der Waals surface area contributed by atoms with Crippen LogP contribution in [-0.2, 0) is 18.0 Å². The summed E-state index contributed by atoms with van der Waals surface area (Å²) in [5, 5.41) is 6.63. The molecule has 0 saturated heterocycles. The van der Waals surface area contributed by atoms with Crippen molar-refractivity contribution in [3.05, 3.63) is 46.6 Å². The summed E-state index contributed by atoms with van der Waals surface area (Å²) in [5.74, 6) is -0.784. The standard InChI is InChI=1S/C19H19F3N4O2/c1-10-6-5-7-11(2)17(10)23-14(27)9-28-15-8-13(19(20,21)22)16-12(3)25-26(4)18(16)24-15/h5-8H,9H2,1-4H3,(H,23,27). The topological polar surface area (TPSA) is 69.0 Å². The molecule has 0 saturated carbocycles. The van der Waals surface area contributed by atoms with E-state index in [0.717, 1.165) is 17.2 Å². The van der Waals surface area contributed by atoms with Gasteiger partial charge in [-0.1, -0.05) is 18.2 Å². The summed E-state index contributed by atoms with van der Waals surface area (Å²) in [6.07, 6.45) is -4.60. The molecule has 0 fully saturated rings. The van der Waals surface area contributed by atoms with Gasteiger partial charge in [-0.2, -0.15) is 23.3 Å². The lowest BCUT2D eigenvalue weighted by atomic mass is 10.1. The number of hydrogen-bond donors (Lipinski definition) is 1. The van der Waals surface area contributed by atoms with Gasteiger partial charge in [0.2, 0.25) is 5.88 Å². The quantitative estimate of drug-likeness (QED) is 0.731. The molecule has 0 aliphatic heterocycles. The number of pyridine rings is 1. The minimum Gasteiger partial charge on any atom is -0.467 e. The molecule has 3 rings (SSSR count). The Morgan fingerprint density at radius 3 is 2.46 bits per heavy atom. The molecule has 9 heteroatoms. The van der Waals surface area contributed by atoms with Crippen LogP contribution in [-0.4, -0.2) is 27.3 Å². The van der Waals surface area contributed by atoms with E-state index in [0.29, 0.717) is 5.69 Å². The molecule has 0 unspecified atom stereocenters. The fourth-order valence-electron chi connectivity index (χ4n) is 3.05. The number of nitrogens with one attached hydrogen (secondary N) is 1. The third-order valence-corrected chi connectivity index (χ3v) is 4.35. The molecule has 148 valence electrons. The van der Waals surface area contributed by atoms with E-state index in [-0.39, 0.29) is 22.6 Å². The number of benzene rings is 1. The van der Waals surface area contributed by atoms with Crippen molar-refractivity contribution in [1.82, 2.24) is 14.8 Å². The minimum absolute atomic E-state index is 0.0393. The van der Waals surface area contributed by atoms with Crippen LogP contribution in [0, 0.1) is 20.8 Å². The summed E-state index contributed by atoms with van der Waals surface area (Å²) in [7, 11) is 1.50. The Bertz CT molecular complexity index is 1040. The summed E-state index contributed by atoms with van der Waals surface area (Å²) >= 11 is 0. The summed E-state index contributed by atoms with van der Waals surface area (Å²) in [5.41, 5.74) is 1.76. The lowest BCUT2D eigenvalue weighted by molar-refractivity contribution is -0.136. The second-order valence-corrected chi connectivity index (χ2v) is 6.52. The van der Waals surface area contributed by atoms with Gasteiger partial charge in [-0.25, -0.2) is 0 Å². The normalized spacial score (nSPS) is 11.7. The zero-order chi connectivity index (χ0) is 20.6. The van der Waals surface area contributed by atoms with Gasteiger partial charge in [0.25, 0.3) is 5.91 Å². The van der Waals surface area contributed by atoms with Gasteiger partial charge in [-0.05, 0) is 31.9 Å². The second kappa shape index (κ2) is 7.14. The number of ether oxygens (including phenoxy) is 1. The van der Waals surface area contributed by atoms with Gasteiger partial charge in [0.15, 0.2) is 12.3 Å². The van der Waals surface area contributed by atoms with Gasteiger partial charge in [0, 0.05) is 18.8 Å². The predicted molar refractivity (Wildman–Crippen MR) is 98.3 cm³/mol. The molecule has 0 bridgehead atoms. The van der Waals surface area contributed by atoms with Crippen LogP contribution in [0.2, 0.25) is 0 Å². The van der Waals surface area contributed by atoms with Crippen LogP contribution < -0.4 is 10.1 Å². The van der Waals surface area contributed by atoms with E-state index >= 15 is 0 Å². The van der Waals surface area contributed by atoms with E-state index in [9.17, 15) is 18.0 Å². The van der Waals surface area contributed by atoms with Crippen molar-refractivity contribution in [2.24, 2.45) is 7.05 Å². The molecule has 1 aromatic carbocycles. The monoisotopic (exact) mass is 392 g/mol. The van der Waals surface area contributed by atoms with Crippen molar-refractivity contribution < 1.29 is 22.7 Å². The van der Waals surface area contributed by atoms with Crippen molar-refractivity contribution in [3.8, 4) is 5.88 Å². The molecule has 1 N–H and O–H groups in total. The van der Waals surface area contributed by atoms with Gasteiger partial charge < -0.3 is 10.1 Å². The number of fused-ring (bicyclic) bond motifs is 1. The summed E-state index contributed by atoms with van der Waals surface area (Å²) in [6, 6.07) is 6.35. The number of rotatable bonds is 4. The Kier molecular flexibility index (Phi) is 5.01. The van der Waals surface area contributed by atoms with Crippen LogP contribution in [0.3, 0.4) is 0 Å². The number of hydrogen-bond acceptors (Lipinski definition) is 4. The first kappa shape index (κ1) is 19.7. The maximum absolute atomic E-state index is 13.5. The molecule has 1 amide bonds. The molecular weight excluding hydrogens is 373 g/mol.